The molecule has 0 amide bonds. The third-order valence-electron chi connectivity index (χ3n) is 1.39. The van der Waals surface area contributed by atoms with Gasteiger partial charge in [0.2, 0.25) is 0 Å². The molecule has 1 aliphatic carbocycles. The Morgan fingerprint density at radius 1 is 0.800 bits per heavy atom. The van der Waals surface area contributed by atoms with Crippen LogP contribution in [-0.4, -0.2) is 22.6 Å². The van der Waals surface area contributed by atoms with Gasteiger partial charge in [0.15, 0.2) is 0 Å². The van der Waals surface area contributed by atoms with Gasteiger partial charge in [-0.25, -0.2) is 0 Å². The van der Waals surface area contributed by atoms with Gasteiger partial charge in [-0.3, -0.25) is 0 Å². The molecule has 1 rings (SSSR count). The molecule has 6 heteroatoms. The zero-order valence-electron chi connectivity index (χ0n) is 4.42. The topological polar surface area (TPSA) is 0 Å². The van der Waals surface area contributed by atoms with Crippen LogP contribution in [0.25, 0.3) is 0 Å². The summed E-state index contributed by atoms with van der Waals surface area (Å²) in [7, 11) is 0. The second-order valence-corrected chi connectivity index (χ2v) is 2.99. The van der Waals surface area contributed by atoms with Crippen LogP contribution in [0.3, 0.4) is 0 Å². The van der Waals surface area contributed by atoms with Crippen LogP contribution in [0.1, 0.15) is 0 Å². The molecule has 10 heavy (non-hydrogen) atoms. The first kappa shape index (κ1) is 8.40. The van der Waals surface area contributed by atoms with Gasteiger partial charge in [0, 0.05) is 0 Å². The lowest BCUT2D eigenvalue weighted by atomic mass is 9.88. The summed E-state index contributed by atoms with van der Waals surface area (Å²) in [5.74, 6) is -8.30. The van der Waals surface area contributed by atoms with Crippen LogP contribution in [-0.2, 0) is 0 Å². The van der Waals surface area contributed by atoms with Crippen molar-refractivity contribution in [3.8, 4) is 0 Å². The van der Waals surface area contributed by atoms with Crippen molar-refractivity contribution in [3.63, 3.8) is 0 Å². The van der Waals surface area contributed by atoms with Crippen LogP contribution >= 0.6 is 23.2 Å². The Kier molecular flexibility index (Phi) is 1.61. The number of rotatable bonds is 0. The Labute approximate surface area is 64.1 Å². The second-order valence-electron chi connectivity index (χ2n) is 2.05. The minimum atomic E-state index is -4.15. The third-order valence-corrected chi connectivity index (χ3v) is 2.58. The van der Waals surface area contributed by atoms with E-state index in [1.54, 1.807) is 0 Å². The second kappa shape index (κ2) is 1.91. The summed E-state index contributed by atoms with van der Waals surface area (Å²) in [5.41, 5.74) is 0. The van der Waals surface area contributed by atoms with Crippen molar-refractivity contribution < 1.29 is 17.6 Å². The summed E-state index contributed by atoms with van der Waals surface area (Å²) >= 11 is 9.63. The van der Waals surface area contributed by atoms with E-state index in [9.17, 15) is 17.6 Å². The van der Waals surface area contributed by atoms with E-state index in [0.717, 1.165) is 0 Å². The van der Waals surface area contributed by atoms with E-state index in [1.807, 2.05) is 0 Å². The fourth-order valence-electron chi connectivity index (χ4n) is 0.639. The molecule has 1 saturated carbocycles. The Hall–Kier alpha value is 0.300. The monoisotopic (exact) mass is 196 g/mol. The van der Waals surface area contributed by atoms with E-state index in [4.69, 9.17) is 23.2 Å². The highest BCUT2D eigenvalue weighted by Crippen LogP contribution is 2.56. The number of alkyl halides is 6. The zero-order chi connectivity index (χ0) is 8.15. The van der Waals surface area contributed by atoms with Crippen molar-refractivity contribution in [2.75, 3.05) is 0 Å². The minimum absolute atomic E-state index is 1.95. The molecule has 1 aliphatic rings. The summed E-state index contributed by atoms with van der Waals surface area (Å²) in [6.45, 7) is 0. The molecular formula is C4H2Cl2F4. The van der Waals surface area contributed by atoms with Gasteiger partial charge in [-0.2, -0.15) is 17.6 Å². The standard InChI is InChI=1S/C4H2Cl2F4/c5-1-2(6)4(9,10)3(1,7)8/h1-2H/t1-,2-/m0/s1. The molecule has 1 fully saturated rings. The predicted octanol–water partition coefficient (Wildman–Crippen LogP) is 2.49. The summed E-state index contributed by atoms with van der Waals surface area (Å²) in [6.07, 6.45) is 0. The highest BCUT2D eigenvalue weighted by molar-refractivity contribution is 6.32. The van der Waals surface area contributed by atoms with Crippen LogP contribution in [0, 0.1) is 0 Å². The maximum atomic E-state index is 12.0. The Morgan fingerprint density at radius 3 is 1.10 bits per heavy atom. The molecule has 0 aliphatic heterocycles. The van der Waals surface area contributed by atoms with E-state index >= 15 is 0 Å². The third kappa shape index (κ3) is 0.691. The van der Waals surface area contributed by atoms with Crippen molar-refractivity contribution in [1.29, 1.82) is 0 Å². The maximum absolute atomic E-state index is 12.0. The first-order chi connectivity index (χ1) is 4.32. The Morgan fingerprint density at radius 2 is 1.00 bits per heavy atom. The van der Waals surface area contributed by atoms with Gasteiger partial charge < -0.3 is 0 Å². The van der Waals surface area contributed by atoms with E-state index in [2.05, 4.69) is 0 Å². The van der Waals surface area contributed by atoms with Crippen molar-refractivity contribution in [2.45, 2.75) is 22.6 Å². The average molecular weight is 197 g/mol. The van der Waals surface area contributed by atoms with Crippen LogP contribution in [0.4, 0.5) is 17.6 Å². The van der Waals surface area contributed by atoms with E-state index in [0.29, 0.717) is 0 Å². The number of hydrogen-bond acceptors (Lipinski definition) is 0. The van der Waals surface area contributed by atoms with Crippen LogP contribution in [0.2, 0.25) is 0 Å². The predicted molar refractivity (Wildman–Crippen MR) is 29.2 cm³/mol. The molecule has 0 N–H and O–H groups in total. The molecule has 0 bridgehead atoms. The lowest BCUT2D eigenvalue weighted by molar-refractivity contribution is -0.266. The maximum Gasteiger partial charge on any atom is 0.329 e. The van der Waals surface area contributed by atoms with Gasteiger partial charge in [-0.15, -0.1) is 23.2 Å². The Bertz CT molecular complexity index is 139. The molecule has 0 heterocycles. The number of hydrogen-bond donors (Lipinski definition) is 0. The molecule has 0 saturated heterocycles. The molecule has 0 aromatic heterocycles. The van der Waals surface area contributed by atoms with Crippen LogP contribution in [0.15, 0.2) is 0 Å². The van der Waals surface area contributed by atoms with Gasteiger partial charge in [-0.05, 0) is 0 Å². The van der Waals surface area contributed by atoms with Crippen LogP contribution < -0.4 is 0 Å². The Balaban J connectivity index is 2.82. The van der Waals surface area contributed by atoms with Gasteiger partial charge in [-0.1, -0.05) is 0 Å². The average Bonchev–Trinajstić information content (AvgIpc) is 1.84. The molecule has 0 aromatic carbocycles. The van der Waals surface area contributed by atoms with E-state index in [1.165, 1.54) is 0 Å². The highest BCUT2D eigenvalue weighted by atomic mass is 35.5. The van der Waals surface area contributed by atoms with Crippen molar-refractivity contribution >= 4 is 23.2 Å². The molecule has 0 radical (unpaired) electrons. The zero-order valence-corrected chi connectivity index (χ0v) is 5.93. The fourth-order valence-corrected chi connectivity index (χ4v) is 1.25. The molecule has 60 valence electrons. The van der Waals surface area contributed by atoms with Gasteiger partial charge in [0.1, 0.15) is 10.8 Å². The summed E-state index contributed by atoms with van der Waals surface area (Å²) in [4.78, 5) is 0. The van der Waals surface area contributed by atoms with Gasteiger partial charge in [0.05, 0.1) is 0 Å². The largest absolute Gasteiger partial charge is 0.329 e. The summed E-state index contributed by atoms with van der Waals surface area (Å²) < 4.78 is 48.0. The fraction of sp³-hybridized carbons (Fsp3) is 1.00. The normalized spacial score (nSPS) is 42.6. The first-order valence-corrected chi connectivity index (χ1v) is 3.23. The highest BCUT2D eigenvalue weighted by Gasteiger charge is 2.78. The van der Waals surface area contributed by atoms with Crippen molar-refractivity contribution in [2.24, 2.45) is 0 Å². The van der Waals surface area contributed by atoms with Crippen molar-refractivity contribution in [1.82, 2.24) is 0 Å². The quantitative estimate of drug-likeness (QED) is 0.413. The van der Waals surface area contributed by atoms with E-state index < -0.39 is 22.6 Å². The number of halogens is 6. The molecular weight excluding hydrogens is 195 g/mol. The lowest BCUT2D eigenvalue weighted by Gasteiger charge is -2.44. The molecule has 0 unspecified atom stereocenters. The first-order valence-electron chi connectivity index (χ1n) is 2.35. The summed E-state index contributed by atoms with van der Waals surface area (Å²) in [5, 5.41) is -3.91. The molecule has 0 nitrogen and oxygen atoms in total. The SMILES string of the molecule is FC1(F)[C@@H](Cl)[C@H](Cl)C1(F)F. The van der Waals surface area contributed by atoms with Gasteiger partial charge >= 0.3 is 11.8 Å². The molecule has 0 aromatic rings. The lowest BCUT2D eigenvalue weighted by Crippen LogP contribution is -2.69. The van der Waals surface area contributed by atoms with E-state index in [-0.39, 0.29) is 0 Å². The smallest absolute Gasteiger partial charge is 0.198 e. The summed E-state index contributed by atoms with van der Waals surface area (Å²) in [6, 6.07) is 0. The van der Waals surface area contributed by atoms with Crippen molar-refractivity contribution in [3.05, 3.63) is 0 Å². The van der Waals surface area contributed by atoms with Crippen LogP contribution in [0.5, 0.6) is 0 Å². The molecule has 0 spiro atoms. The minimum Gasteiger partial charge on any atom is -0.198 e. The van der Waals surface area contributed by atoms with Gasteiger partial charge in [0.25, 0.3) is 0 Å². The molecule has 2 atom stereocenters.